The number of ether oxygens (including phenoxy) is 1. The molecule has 10 heteroatoms. The van der Waals surface area contributed by atoms with Gasteiger partial charge in [0, 0.05) is 31.0 Å². The second-order valence-electron chi connectivity index (χ2n) is 7.58. The molecule has 0 unspecified atom stereocenters. The zero-order valence-electron chi connectivity index (χ0n) is 19.2. The molecule has 0 aliphatic heterocycles. The second-order valence-corrected chi connectivity index (χ2v) is 10.4. The van der Waals surface area contributed by atoms with Crippen LogP contribution in [0.2, 0.25) is 0 Å². The Labute approximate surface area is 204 Å². The first-order chi connectivity index (χ1) is 15.6. The van der Waals surface area contributed by atoms with E-state index < -0.39 is 16.1 Å². The fraction of sp³-hybridized carbons (Fsp3) is 0.391. The average molecular weight is 540 g/mol. The zero-order chi connectivity index (χ0) is 24.6. The van der Waals surface area contributed by atoms with Crippen molar-refractivity contribution in [3.05, 3.63) is 58.6 Å². The lowest BCUT2D eigenvalue weighted by Gasteiger charge is -2.29. The van der Waals surface area contributed by atoms with Gasteiger partial charge in [-0.3, -0.25) is 13.9 Å². The number of methoxy groups -OCH3 is 1. The van der Waals surface area contributed by atoms with Crippen molar-refractivity contribution in [3.63, 3.8) is 0 Å². The Kier molecular flexibility index (Phi) is 9.72. The summed E-state index contributed by atoms with van der Waals surface area (Å²) in [6.45, 7) is 2.08. The molecule has 2 amide bonds. The molecule has 0 saturated carbocycles. The number of halogens is 1. The maximum Gasteiger partial charge on any atom is 0.242 e. The quantitative estimate of drug-likeness (QED) is 0.473. The maximum absolute atomic E-state index is 13.1. The van der Waals surface area contributed by atoms with Crippen LogP contribution in [-0.2, 0) is 26.2 Å². The molecule has 1 N–H and O–H groups in total. The number of amides is 2. The lowest BCUT2D eigenvalue weighted by Crippen LogP contribution is -2.46. The first-order valence-electron chi connectivity index (χ1n) is 10.4. The number of carbonyl (C=O) groups is 2. The summed E-state index contributed by atoms with van der Waals surface area (Å²) in [5.74, 6) is 0.123. The number of nitrogens with one attached hydrogen (secondary N) is 1. The van der Waals surface area contributed by atoms with Crippen molar-refractivity contribution >= 4 is 43.5 Å². The zero-order valence-corrected chi connectivity index (χ0v) is 21.6. The molecular weight excluding hydrogens is 510 g/mol. The average Bonchev–Trinajstić information content (AvgIpc) is 2.78. The highest BCUT2D eigenvalue weighted by Gasteiger charge is 2.26. The van der Waals surface area contributed by atoms with E-state index in [0.717, 1.165) is 16.3 Å². The van der Waals surface area contributed by atoms with Crippen molar-refractivity contribution in [2.45, 2.75) is 32.4 Å². The van der Waals surface area contributed by atoms with Gasteiger partial charge < -0.3 is 15.0 Å². The van der Waals surface area contributed by atoms with Crippen LogP contribution in [0.3, 0.4) is 0 Å². The van der Waals surface area contributed by atoms with E-state index in [4.69, 9.17) is 4.74 Å². The van der Waals surface area contributed by atoms with Crippen molar-refractivity contribution in [2.24, 2.45) is 0 Å². The van der Waals surface area contributed by atoms with E-state index in [2.05, 4.69) is 21.2 Å². The van der Waals surface area contributed by atoms with Gasteiger partial charge in [0.05, 0.1) is 19.1 Å². The van der Waals surface area contributed by atoms with Gasteiger partial charge in [-0.1, -0.05) is 28.1 Å². The van der Waals surface area contributed by atoms with Crippen LogP contribution in [0.15, 0.2) is 53.0 Å². The molecular formula is C23H30BrN3O5S. The molecule has 0 bridgehead atoms. The summed E-state index contributed by atoms with van der Waals surface area (Å²) in [5, 5.41) is 2.58. The van der Waals surface area contributed by atoms with E-state index in [1.54, 1.807) is 31.2 Å². The molecule has 0 aromatic heterocycles. The van der Waals surface area contributed by atoms with E-state index in [1.807, 2.05) is 24.3 Å². The lowest BCUT2D eigenvalue weighted by atomic mass is 10.1. The third-order valence-corrected chi connectivity index (χ3v) is 6.86. The monoisotopic (exact) mass is 539 g/mol. The van der Waals surface area contributed by atoms with E-state index in [1.165, 1.54) is 23.4 Å². The van der Waals surface area contributed by atoms with E-state index in [-0.39, 0.29) is 31.3 Å². The SMILES string of the molecule is CNC(=O)[C@H](C)N(Cc1cccc(Br)c1)C(=O)CCCN(c1ccc(OC)cc1)S(C)(=O)=O. The Balaban J connectivity index is 2.13. The van der Waals surface area contributed by atoms with E-state index in [0.29, 0.717) is 17.9 Å². The normalized spacial score (nSPS) is 12.0. The van der Waals surface area contributed by atoms with Gasteiger partial charge in [0.1, 0.15) is 11.8 Å². The predicted molar refractivity (Wildman–Crippen MR) is 133 cm³/mol. The molecule has 1 atom stereocenters. The predicted octanol–water partition coefficient (Wildman–Crippen LogP) is 3.17. The van der Waals surface area contributed by atoms with Gasteiger partial charge in [-0.25, -0.2) is 8.42 Å². The van der Waals surface area contributed by atoms with Crippen LogP contribution >= 0.6 is 15.9 Å². The number of likely N-dealkylation sites (N-methyl/N-ethyl adjacent to an activating group) is 1. The fourth-order valence-corrected chi connectivity index (χ4v) is 4.79. The Hall–Kier alpha value is -2.59. The van der Waals surface area contributed by atoms with Gasteiger partial charge in [-0.15, -0.1) is 0 Å². The highest BCUT2D eigenvalue weighted by Crippen LogP contribution is 2.22. The molecule has 2 rings (SSSR count). The first kappa shape index (κ1) is 26.7. The van der Waals surface area contributed by atoms with Gasteiger partial charge in [0.25, 0.3) is 0 Å². The van der Waals surface area contributed by atoms with Gasteiger partial charge >= 0.3 is 0 Å². The van der Waals surface area contributed by atoms with Crippen molar-refractivity contribution in [1.29, 1.82) is 0 Å². The number of anilines is 1. The summed E-state index contributed by atoms with van der Waals surface area (Å²) in [4.78, 5) is 26.9. The Morgan fingerprint density at radius 3 is 2.36 bits per heavy atom. The first-order valence-corrected chi connectivity index (χ1v) is 13.1. The maximum atomic E-state index is 13.1. The molecule has 2 aromatic carbocycles. The number of rotatable bonds is 11. The van der Waals surface area contributed by atoms with Gasteiger partial charge in [0.15, 0.2) is 0 Å². The smallest absolute Gasteiger partial charge is 0.242 e. The molecule has 0 radical (unpaired) electrons. The van der Waals surface area contributed by atoms with Crippen molar-refractivity contribution in [1.82, 2.24) is 10.2 Å². The fourth-order valence-electron chi connectivity index (χ4n) is 3.38. The molecule has 180 valence electrons. The number of carbonyl (C=O) groups excluding carboxylic acids is 2. The standard InChI is InChI=1S/C23H30BrN3O5S/c1-17(23(29)25-2)26(16-18-7-5-8-19(24)15-18)22(28)9-6-14-27(33(4,30)31)20-10-12-21(32-3)13-11-20/h5,7-8,10-13,15,17H,6,9,14,16H2,1-4H3,(H,25,29)/t17-/m0/s1. The minimum atomic E-state index is -3.54. The number of hydrogen-bond donors (Lipinski definition) is 1. The Morgan fingerprint density at radius 1 is 1.15 bits per heavy atom. The van der Waals surface area contributed by atoms with Crippen LogP contribution in [0.25, 0.3) is 0 Å². The van der Waals surface area contributed by atoms with Crippen LogP contribution in [0.4, 0.5) is 5.69 Å². The van der Waals surface area contributed by atoms with E-state index >= 15 is 0 Å². The van der Waals surface area contributed by atoms with Gasteiger partial charge in [-0.05, 0) is 55.3 Å². The summed E-state index contributed by atoms with van der Waals surface area (Å²) < 4.78 is 32.0. The van der Waals surface area contributed by atoms with Crippen LogP contribution in [-0.4, -0.2) is 58.1 Å². The number of hydrogen-bond acceptors (Lipinski definition) is 5. The summed E-state index contributed by atoms with van der Waals surface area (Å²) in [5.41, 5.74) is 1.37. The van der Waals surface area contributed by atoms with Crippen LogP contribution < -0.4 is 14.4 Å². The summed E-state index contributed by atoms with van der Waals surface area (Å²) in [6.07, 6.45) is 1.52. The molecule has 0 aliphatic carbocycles. The van der Waals surface area contributed by atoms with Crippen molar-refractivity contribution in [2.75, 3.05) is 31.3 Å². The Morgan fingerprint density at radius 2 is 1.82 bits per heavy atom. The largest absolute Gasteiger partial charge is 0.497 e. The molecule has 0 aliphatic rings. The van der Waals surface area contributed by atoms with Crippen LogP contribution in [0.5, 0.6) is 5.75 Å². The topological polar surface area (TPSA) is 96.0 Å². The van der Waals surface area contributed by atoms with Crippen LogP contribution in [0, 0.1) is 0 Å². The van der Waals surface area contributed by atoms with E-state index in [9.17, 15) is 18.0 Å². The number of benzene rings is 2. The molecule has 33 heavy (non-hydrogen) atoms. The molecule has 0 saturated heterocycles. The number of sulfonamides is 1. The van der Waals surface area contributed by atoms with Crippen molar-refractivity contribution < 1.29 is 22.7 Å². The summed E-state index contributed by atoms with van der Waals surface area (Å²) in [7, 11) is -0.481. The van der Waals surface area contributed by atoms with Gasteiger partial charge in [0.2, 0.25) is 21.8 Å². The van der Waals surface area contributed by atoms with Crippen molar-refractivity contribution in [3.8, 4) is 5.75 Å². The van der Waals surface area contributed by atoms with Gasteiger partial charge in [-0.2, -0.15) is 0 Å². The third kappa shape index (κ3) is 7.75. The summed E-state index contributed by atoms with van der Waals surface area (Å²) in [6, 6.07) is 13.6. The molecule has 0 spiro atoms. The second kappa shape index (κ2) is 12.0. The Bertz CT molecular complexity index is 1060. The molecule has 0 fully saturated rings. The minimum Gasteiger partial charge on any atom is -0.497 e. The number of nitrogens with zero attached hydrogens (tertiary/aromatic N) is 2. The molecule has 2 aromatic rings. The minimum absolute atomic E-state index is 0.0948. The third-order valence-electron chi connectivity index (χ3n) is 5.17. The lowest BCUT2D eigenvalue weighted by molar-refractivity contribution is -0.140. The summed E-state index contributed by atoms with van der Waals surface area (Å²) >= 11 is 3.42. The highest BCUT2D eigenvalue weighted by molar-refractivity contribution is 9.10. The molecule has 8 nitrogen and oxygen atoms in total. The highest BCUT2D eigenvalue weighted by atomic mass is 79.9. The van der Waals surface area contributed by atoms with Crippen LogP contribution in [0.1, 0.15) is 25.3 Å². The molecule has 0 heterocycles.